The van der Waals surface area contributed by atoms with Gasteiger partial charge in [0.25, 0.3) is 5.91 Å². The van der Waals surface area contributed by atoms with Crippen LogP contribution >= 0.6 is 22.6 Å². The van der Waals surface area contributed by atoms with E-state index >= 15 is 0 Å². The molecule has 0 saturated heterocycles. The first-order valence-corrected chi connectivity index (χ1v) is 9.11. The fourth-order valence-corrected chi connectivity index (χ4v) is 2.55. The molecule has 0 aliphatic carbocycles. The first-order valence-electron chi connectivity index (χ1n) is 8.03. The molecule has 10 heteroatoms. The Morgan fingerprint density at radius 3 is 2.43 bits per heavy atom. The molecule has 152 valence electrons. The summed E-state index contributed by atoms with van der Waals surface area (Å²) in [5.41, 5.74) is -0.702. The molecule has 0 saturated carbocycles. The fraction of sp³-hybridized carbons (Fsp3) is 0.278. The Labute approximate surface area is 172 Å². The van der Waals surface area contributed by atoms with E-state index in [1.807, 2.05) is 28.1 Å². The van der Waals surface area contributed by atoms with Crippen LogP contribution in [0.2, 0.25) is 0 Å². The number of hydrogen-bond donors (Lipinski definition) is 3. The molecule has 0 heterocycles. The number of anilines is 2. The van der Waals surface area contributed by atoms with Gasteiger partial charge in [0.2, 0.25) is 0 Å². The van der Waals surface area contributed by atoms with Gasteiger partial charge in [0.1, 0.15) is 5.82 Å². The van der Waals surface area contributed by atoms with Crippen molar-refractivity contribution in [2.24, 2.45) is 0 Å². The van der Waals surface area contributed by atoms with Crippen molar-refractivity contribution in [3.05, 3.63) is 56.7 Å². The molecule has 2 aromatic rings. The quantitative estimate of drug-likeness (QED) is 0.169. The molecule has 2 aromatic carbocycles. The van der Waals surface area contributed by atoms with E-state index in [2.05, 4.69) is 5.32 Å². The Morgan fingerprint density at radius 1 is 1.14 bits per heavy atom. The number of halogens is 5. The molecule has 0 atom stereocenters. The smallest absolute Gasteiger partial charge is 0.277 e. The fourth-order valence-electron chi connectivity index (χ4n) is 2.09. The number of nitrogens with one attached hydrogen (secondary N) is 2. The molecule has 0 unspecified atom stereocenters. The van der Waals surface area contributed by atoms with Crippen molar-refractivity contribution in [3.8, 4) is 0 Å². The number of carbonyl (C=O) groups excluding carboxylic acids is 1. The van der Waals surface area contributed by atoms with Gasteiger partial charge in [-0.1, -0.05) is 0 Å². The molecule has 0 radical (unpaired) electrons. The Bertz CT molecular complexity index is 888. The highest BCUT2D eigenvalue weighted by Gasteiger charge is 2.24. The molecule has 0 spiro atoms. The largest absolute Gasteiger partial charge is 0.390 e. The zero-order valence-corrected chi connectivity index (χ0v) is 17.0. The number of benzene rings is 2. The van der Waals surface area contributed by atoms with E-state index in [0.717, 1.165) is 6.07 Å². The summed E-state index contributed by atoms with van der Waals surface area (Å²) in [5.74, 6) is -6.94. The number of carbonyl (C=O) groups is 1. The molecule has 0 bridgehead atoms. The maximum Gasteiger partial charge on any atom is 0.277 e. The summed E-state index contributed by atoms with van der Waals surface area (Å²) >= 11 is 1.86. The van der Waals surface area contributed by atoms with Crippen LogP contribution in [0.1, 0.15) is 30.6 Å². The van der Waals surface area contributed by atoms with Crippen LogP contribution in [0.25, 0.3) is 0 Å². The zero-order chi connectivity index (χ0) is 21.1. The Morgan fingerprint density at radius 2 is 1.82 bits per heavy atom. The third-order valence-corrected chi connectivity index (χ3v) is 4.25. The molecule has 0 aromatic heterocycles. The summed E-state index contributed by atoms with van der Waals surface area (Å²) in [6.07, 6.45) is 0.165. The summed E-state index contributed by atoms with van der Waals surface area (Å²) in [4.78, 5) is 17.1. The first-order chi connectivity index (χ1) is 13.0. The van der Waals surface area contributed by atoms with Gasteiger partial charge in [0.05, 0.1) is 29.1 Å². The van der Waals surface area contributed by atoms with E-state index in [4.69, 9.17) is 4.84 Å². The lowest BCUT2D eigenvalue weighted by Crippen LogP contribution is -2.29. The van der Waals surface area contributed by atoms with Gasteiger partial charge < -0.3 is 10.4 Å². The highest BCUT2D eigenvalue weighted by atomic mass is 127. The van der Waals surface area contributed by atoms with Gasteiger partial charge in [-0.05, 0) is 60.7 Å². The van der Waals surface area contributed by atoms with Crippen molar-refractivity contribution in [3.63, 3.8) is 0 Å². The number of aliphatic hydroxyl groups is 1. The molecule has 0 aliphatic rings. The summed E-state index contributed by atoms with van der Waals surface area (Å²) in [7, 11) is 0. The number of rotatable bonds is 7. The van der Waals surface area contributed by atoms with E-state index in [1.165, 1.54) is 26.0 Å². The number of hydroxylamine groups is 1. The SMILES string of the molecule is CC(C)(O)CCONC(=O)c1cc(F)c(F)c(F)c1Nc1ccc(I)cc1F. The molecule has 5 nitrogen and oxygen atoms in total. The molecule has 0 aliphatic heterocycles. The van der Waals surface area contributed by atoms with E-state index < -0.39 is 46.0 Å². The summed E-state index contributed by atoms with van der Waals surface area (Å²) in [6.45, 7) is 2.97. The molecule has 1 amide bonds. The topological polar surface area (TPSA) is 70.6 Å². The maximum absolute atomic E-state index is 14.3. The van der Waals surface area contributed by atoms with Gasteiger partial charge in [-0.15, -0.1) is 0 Å². The number of amides is 1. The second kappa shape index (κ2) is 9.05. The van der Waals surface area contributed by atoms with Crippen molar-refractivity contribution < 1.29 is 32.3 Å². The van der Waals surface area contributed by atoms with Crippen LogP contribution in [0.4, 0.5) is 28.9 Å². The average molecular weight is 512 g/mol. The van der Waals surface area contributed by atoms with Gasteiger partial charge in [-0.25, -0.2) is 23.0 Å². The average Bonchev–Trinajstić information content (AvgIpc) is 2.59. The maximum atomic E-state index is 14.3. The van der Waals surface area contributed by atoms with E-state index in [0.29, 0.717) is 9.64 Å². The lowest BCUT2D eigenvalue weighted by molar-refractivity contribution is -0.00571. The van der Waals surface area contributed by atoms with E-state index in [-0.39, 0.29) is 18.7 Å². The molecule has 28 heavy (non-hydrogen) atoms. The lowest BCUT2D eigenvalue weighted by atomic mass is 10.1. The second-order valence-corrected chi connectivity index (χ2v) is 7.75. The van der Waals surface area contributed by atoms with Crippen molar-refractivity contribution in [2.75, 3.05) is 11.9 Å². The predicted molar refractivity (Wildman–Crippen MR) is 103 cm³/mol. The zero-order valence-electron chi connectivity index (χ0n) is 14.9. The third-order valence-electron chi connectivity index (χ3n) is 3.58. The second-order valence-electron chi connectivity index (χ2n) is 6.50. The van der Waals surface area contributed by atoms with Gasteiger partial charge in [0.15, 0.2) is 17.5 Å². The van der Waals surface area contributed by atoms with Gasteiger partial charge in [0, 0.05) is 9.99 Å². The van der Waals surface area contributed by atoms with E-state index in [9.17, 15) is 27.5 Å². The standard InChI is InChI=1S/C18H17F4IN2O3/c1-18(2,27)5-6-28-25-17(26)10-8-12(20)14(21)15(22)16(10)24-13-4-3-9(23)7-11(13)19/h3-4,7-8,24,27H,5-6H2,1-2H3,(H,25,26). The molecule has 0 fully saturated rings. The van der Waals surface area contributed by atoms with Crippen LogP contribution in [0.5, 0.6) is 0 Å². The lowest BCUT2D eigenvalue weighted by Gasteiger charge is -2.17. The molecular weight excluding hydrogens is 495 g/mol. The Balaban J connectivity index is 2.29. The van der Waals surface area contributed by atoms with Crippen LogP contribution in [0.3, 0.4) is 0 Å². The van der Waals surface area contributed by atoms with Crippen LogP contribution < -0.4 is 10.8 Å². The number of hydrogen-bond acceptors (Lipinski definition) is 4. The minimum absolute atomic E-state index is 0.0874. The summed E-state index contributed by atoms with van der Waals surface area (Å²) in [6, 6.07) is 4.38. The van der Waals surface area contributed by atoms with Crippen molar-refractivity contribution in [1.29, 1.82) is 0 Å². The highest BCUT2D eigenvalue weighted by Crippen LogP contribution is 2.30. The predicted octanol–water partition coefficient (Wildman–Crippen LogP) is 4.41. The van der Waals surface area contributed by atoms with Gasteiger partial charge in [-0.2, -0.15) is 0 Å². The molecular formula is C18H17F4IN2O3. The molecule has 2 rings (SSSR count). The Hall–Kier alpha value is -1.92. The van der Waals surface area contributed by atoms with Crippen LogP contribution in [-0.4, -0.2) is 23.2 Å². The van der Waals surface area contributed by atoms with Gasteiger partial charge >= 0.3 is 0 Å². The minimum Gasteiger partial charge on any atom is -0.390 e. The van der Waals surface area contributed by atoms with E-state index in [1.54, 1.807) is 0 Å². The summed E-state index contributed by atoms with van der Waals surface area (Å²) in [5, 5.41) is 11.9. The monoisotopic (exact) mass is 512 g/mol. The van der Waals surface area contributed by atoms with Crippen LogP contribution in [-0.2, 0) is 4.84 Å². The van der Waals surface area contributed by atoms with Crippen LogP contribution in [0, 0.1) is 26.8 Å². The van der Waals surface area contributed by atoms with Crippen LogP contribution in [0.15, 0.2) is 24.3 Å². The first kappa shape index (κ1) is 22.4. The normalized spacial score (nSPS) is 11.4. The summed E-state index contributed by atoms with van der Waals surface area (Å²) < 4.78 is 56.2. The van der Waals surface area contributed by atoms with Crippen molar-refractivity contribution in [1.82, 2.24) is 5.48 Å². The molecule has 3 N–H and O–H groups in total. The minimum atomic E-state index is -1.81. The van der Waals surface area contributed by atoms with Gasteiger partial charge in [-0.3, -0.25) is 9.63 Å². The van der Waals surface area contributed by atoms with Crippen molar-refractivity contribution in [2.45, 2.75) is 25.9 Å². The highest BCUT2D eigenvalue weighted by molar-refractivity contribution is 14.1. The van der Waals surface area contributed by atoms with Crippen molar-refractivity contribution >= 4 is 39.9 Å². The third kappa shape index (κ3) is 5.79. The Kier molecular flexibility index (Phi) is 7.23.